The summed E-state index contributed by atoms with van der Waals surface area (Å²) in [5.74, 6) is 0.336. The van der Waals surface area contributed by atoms with Crippen LogP contribution in [0.15, 0.2) is 24.3 Å². The summed E-state index contributed by atoms with van der Waals surface area (Å²) in [5.41, 5.74) is 2.38. The van der Waals surface area contributed by atoms with E-state index in [0.717, 1.165) is 17.3 Å². The van der Waals surface area contributed by atoms with Crippen molar-refractivity contribution in [3.63, 3.8) is 0 Å². The number of hydrogen-bond donors (Lipinski definition) is 1. The molecule has 1 aliphatic rings. The van der Waals surface area contributed by atoms with E-state index in [4.69, 9.17) is 0 Å². The van der Waals surface area contributed by atoms with Crippen molar-refractivity contribution in [2.45, 2.75) is 31.4 Å². The van der Waals surface area contributed by atoms with E-state index < -0.39 is 0 Å². The predicted octanol–water partition coefficient (Wildman–Crippen LogP) is 2.70. The number of imide groups is 1. The van der Waals surface area contributed by atoms with Crippen molar-refractivity contribution in [1.82, 2.24) is 5.32 Å². The molecule has 1 aliphatic heterocycles. The molecule has 1 atom stereocenters. The fourth-order valence-corrected chi connectivity index (χ4v) is 2.64. The van der Waals surface area contributed by atoms with Gasteiger partial charge in [0.05, 0.1) is 5.25 Å². The Morgan fingerprint density at radius 2 is 1.88 bits per heavy atom. The van der Waals surface area contributed by atoms with Gasteiger partial charge in [0.1, 0.15) is 0 Å². The highest BCUT2D eigenvalue weighted by atomic mass is 32.2. The molecule has 1 saturated heterocycles. The van der Waals surface area contributed by atoms with Crippen LogP contribution in [0.5, 0.6) is 0 Å². The van der Waals surface area contributed by atoms with Crippen LogP contribution in [-0.4, -0.2) is 16.4 Å². The molecular formula is C13H15NO2S. The minimum Gasteiger partial charge on any atom is -0.286 e. The molecule has 1 aromatic rings. The van der Waals surface area contributed by atoms with Gasteiger partial charge in [-0.05, 0) is 23.5 Å². The molecule has 1 fully saturated rings. The van der Waals surface area contributed by atoms with Gasteiger partial charge in [-0.25, -0.2) is 0 Å². The van der Waals surface area contributed by atoms with E-state index in [1.165, 1.54) is 5.56 Å². The summed E-state index contributed by atoms with van der Waals surface area (Å²) in [6, 6.07) is 8.23. The third kappa shape index (κ3) is 2.88. The van der Waals surface area contributed by atoms with E-state index >= 15 is 0 Å². The van der Waals surface area contributed by atoms with E-state index in [1.807, 2.05) is 12.1 Å². The van der Waals surface area contributed by atoms with Gasteiger partial charge in [0.2, 0.25) is 5.91 Å². The fourth-order valence-electron chi connectivity index (χ4n) is 1.78. The number of carbonyl (C=O) groups is 2. The Bertz CT molecular complexity index is 439. The summed E-state index contributed by atoms with van der Waals surface area (Å²) in [5, 5.41) is 1.79. The van der Waals surface area contributed by atoms with Crippen molar-refractivity contribution in [3.8, 4) is 0 Å². The first kappa shape index (κ1) is 12.2. The number of hydrogen-bond acceptors (Lipinski definition) is 3. The predicted molar refractivity (Wildman–Crippen MR) is 69.2 cm³/mol. The molecule has 17 heavy (non-hydrogen) atoms. The van der Waals surface area contributed by atoms with Gasteiger partial charge in [-0.2, -0.15) is 0 Å². The Morgan fingerprint density at radius 1 is 1.24 bits per heavy atom. The maximum Gasteiger partial charge on any atom is 0.286 e. The Hall–Kier alpha value is -1.29. The molecular weight excluding hydrogens is 234 g/mol. The lowest BCUT2D eigenvalue weighted by molar-refractivity contribution is -0.118. The fraction of sp³-hybridized carbons (Fsp3) is 0.385. The zero-order chi connectivity index (χ0) is 12.4. The SMILES string of the molecule is CC(C)c1ccc(CC2SC(=O)NC2=O)cc1. The summed E-state index contributed by atoms with van der Waals surface area (Å²) in [4.78, 5) is 22.4. The van der Waals surface area contributed by atoms with Crippen LogP contribution in [0.2, 0.25) is 0 Å². The molecule has 3 nitrogen and oxygen atoms in total. The Labute approximate surface area is 105 Å². The number of rotatable bonds is 3. The summed E-state index contributed by atoms with van der Waals surface area (Å²) in [7, 11) is 0. The van der Waals surface area contributed by atoms with Crippen molar-refractivity contribution < 1.29 is 9.59 Å². The first-order valence-corrected chi connectivity index (χ1v) is 6.54. The van der Waals surface area contributed by atoms with Gasteiger partial charge < -0.3 is 0 Å². The average Bonchev–Trinajstić information content (AvgIpc) is 2.58. The standard InChI is InChI=1S/C13H15NO2S/c1-8(2)10-5-3-9(4-6-10)7-11-12(15)14-13(16)17-11/h3-6,8,11H,7H2,1-2H3,(H,14,15,16). The highest BCUT2D eigenvalue weighted by Crippen LogP contribution is 2.23. The normalized spacial score (nSPS) is 19.8. The van der Waals surface area contributed by atoms with E-state index in [0.29, 0.717) is 12.3 Å². The van der Waals surface area contributed by atoms with Crippen molar-refractivity contribution in [2.75, 3.05) is 0 Å². The molecule has 0 saturated carbocycles. The summed E-state index contributed by atoms with van der Waals surface area (Å²) in [6.07, 6.45) is 0.612. The zero-order valence-electron chi connectivity index (χ0n) is 9.90. The van der Waals surface area contributed by atoms with Crippen LogP contribution in [0.1, 0.15) is 30.9 Å². The van der Waals surface area contributed by atoms with Gasteiger partial charge in [0.15, 0.2) is 0 Å². The van der Waals surface area contributed by atoms with Crippen molar-refractivity contribution >= 4 is 22.9 Å². The number of thioether (sulfide) groups is 1. The lowest BCUT2D eigenvalue weighted by Crippen LogP contribution is -2.25. The van der Waals surface area contributed by atoms with Gasteiger partial charge >= 0.3 is 0 Å². The van der Waals surface area contributed by atoms with Crippen LogP contribution in [-0.2, 0) is 11.2 Å². The largest absolute Gasteiger partial charge is 0.286 e. The second-order valence-corrected chi connectivity index (χ2v) is 5.66. The smallest absolute Gasteiger partial charge is 0.286 e. The van der Waals surface area contributed by atoms with Crippen molar-refractivity contribution in [3.05, 3.63) is 35.4 Å². The molecule has 0 aliphatic carbocycles. The Morgan fingerprint density at radius 3 is 2.35 bits per heavy atom. The number of nitrogens with one attached hydrogen (secondary N) is 1. The van der Waals surface area contributed by atoms with Crippen LogP contribution in [0, 0.1) is 0 Å². The molecule has 1 heterocycles. The molecule has 2 amide bonds. The van der Waals surface area contributed by atoms with E-state index in [-0.39, 0.29) is 16.4 Å². The number of carbonyl (C=O) groups excluding carboxylic acids is 2. The van der Waals surface area contributed by atoms with Crippen LogP contribution in [0.25, 0.3) is 0 Å². The molecule has 1 unspecified atom stereocenters. The number of benzene rings is 1. The molecule has 0 aromatic heterocycles. The van der Waals surface area contributed by atoms with E-state index in [1.54, 1.807) is 0 Å². The molecule has 0 spiro atoms. The maximum absolute atomic E-state index is 11.4. The molecule has 1 N–H and O–H groups in total. The zero-order valence-corrected chi connectivity index (χ0v) is 10.7. The van der Waals surface area contributed by atoms with Gasteiger partial charge in [-0.3, -0.25) is 14.9 Å². The molecule has 0 radical (unpaired) electrons. The summed E-state index contributed by atoms with van der Waals surface area (Å²) < 4.78 is 0. The van der Waals surface area contributed by atoms with Gasteiger partial charge in [-0.1, -0.05) is 49.9 Å². The second-order valence-electron chi connectivity index (χ2n) is 4.48. The maximum atomic E-state index is 11.4. The minimum absolute atomic E-state index is 0.173. The van der Waals surface area contributed by atoms with E-state index in [9.17, 15) is 9.59 Å². The molecule has 0 bridgehead atoms. The molecule has 90 valence electrons. The number of amides is 2. The van der Waals surface area contributed by atoms with Crippen LogP contribution in [0.3, 0.4) is 0 Å². The van der Waals surface area contributed by atoms with Crippen molar-refractivity contribution in [1.29, 1.82) is 0 Å². The van der Waals surface area contributed by atoms with Crippen LogP contribution >= 0.6 is 11.8 Å². The summed E-state index contributed by atoms with van der Waals surface area (Å²) >= 11 is 1.08. The monoisotopic (exact) mass is 249 g/mol. The Balaban J connectivity index is 2.04. The van der Waals surface area contributed by atoms with Crippen LogP contribution in [0.4, 0.5) is 4.79 Å². The first-order valence-electron chi connectivity index (χ1n) is 5.66. The summed E-state index contributed by atoms with van der Waals surface area (Å²) in [6.45, 7) is 4.29. The first-order chi connectivity index (χ1) is 8.06. The van der Waals surface area contributed by atoms with Crippen molar-refractivity contribution in [2.24, 2.45) is 0 Å². The topological polar surface area (TPSA) is 46.2 Å². The third-order valence-electron chi connectivity index (χ3n) is 2.83. The van der Waals surface area contributed by atoms with Gasteiger partial charge in [0.25, 0.3) is 5.24 Å². The third-order valence-corrected chi connectivity index (χ3v) is 3.82. The van der Waals surface area contributed by atoms with E-state index in [2.05, 4.69) is 31.3 Å². The molecule has 2 rings (SSSR count). The molecule has 4 heteroatoms. The minimum atomic E-state index is -0.271. The lowest BCUT2D eigenvalue weighted by atomic mass is 10.0. The van der Waals surface area contributed by atoms with Gasteiger partial charge in [-0.15, -0.1) is 0 Å². The van der Waals surface area contributed by atoms with Gasteiger partial charge in [0, 0.05) is 0 Å². The highest BCUT2D eigenvalue weighted by Gasteiger charge is 2.31. The highest BCUT2D eigenvalue weighted by molar-refractivity contribution is 8.15. The lowest BCUT2D eigenvalue weighted by Gasteiger charge is -2.08. The second kappa shape index (κ2) is 4.92. The quantitative estimate of drug-likeness (QED) is 0.896. The Kier molecular flexibility index (Phi) is 3.52. The average molecular weight is 249 g/mol. The van der Waals surface area contributed by atoms with Crippen LogP contribution < -0.4 is 5.32 Å². The molecule has 1 aromatic carbocycles.